The number of aliphatic hydroxyl groups excluding tert-OH is 2. The van der Waals surface area contributed by atoms with Crippen LogP contribution in [0.4, 0.5) is 0 Å². The standard InChI is InChI=1S/C12H16O2/c1-10(14)7-12(9-13)8-11-5-3-2-4-6-11/h2-7,10,13-14H,8-9H2,1H3. The summed E-state index contributed by atoms with van der Waals surface area (Å²) in [5.41, 5.74) is 2.00. The highest BCUT2D eigenvalue weighted by Crippen LogP contribution is 2.08. The van der Waals surface area contributed by atoms with Crippen LogP contribution >= 0.6 is 0 Å². The van der Waals surface area contributed by atoms with Gasteiger partial charge in [0, 0.05) is 0 Å². The predicted octanol–water partition coefficient (Wildman–Crippen LogP) is 1.53. The van der Waals surface area contributed by atoms with Crippen molar-refractivity contribution in [2.45, 2.75) is 19.4 Å². The van der Waals surface area contributed by atoms with Crippen LogP contribution in [0.15, 0.2) is 42.0 Å². The SMILES string of the molecule is CC(O)C=C(CO)Cc1ccccc1. The first-order valence-electron chi connectivity index (χ1n) is 4.75. The highest BCUT2D eigenvalue weighted by atomic mass is 16.3. The molecule has 76 valence electrons. The van der Waals surface area contributed by atoms with Crippen LogP contribution in [0.25, 0.3) is 0 Å². The second-order valence-electron chi connectivity index (χ2n) is 3.39. The van der Waals surface area contributed by atoms with Gasteiger partial charge in [-0.15, -0.1) is 0 Å². The molecule has 1 atom stereocenters. The lowest BCUT2D eigenvalue weighted by molar-refractivity contribution is 0.240. The Balaban J connectivity index is 2.67. The van der Waals surface area contributed by atoms with Crippen LogP contribution in [0.3, 0.4) is 0 Å². The van der Waals surface area contributed by atoms with Crippen molar-refractivity contribution >= 4 is 0 Å². The fourth-order valence-corrected chi connectivity index (χ4v) is 1.37. The van der Waals surface area contributed by atoms with Gasteiger partial charge >= 0.3 is 0 Å². The summed E-state index contributed by atoms with van der Waals surface area (Å²) in [7, 11) is 0. The molecule has 2 heteroatoms. The minimum absolute atomic E-state index is 0.000204. The van der Waals surface area contributed by atoms with Crippen molar-refractivity contribution in [3.8, 4) is 0 Å². The van der Waals surface area contributed by atoms with E-state index in [4.69, 9.17) is 10.2 Å². The minimum atomic E-state index is -0.499. The van der Waals surface area contributed by atoms with Crippen LogP contribution in [0.5, 0.6) is 0 Å². The van der Waals surface area contributed by atoms with Gasteiger partial charge < -0.3 is 10.2 Å². The molecule has 2 nitrogen and oxygen atoms in total. The van der Waals surface area contributed by atoms with E-state index in [2.05, 4.69) is 0 Å². The van der Waals surface area contributed by atoms with Gasteiger partial charge in [0.1, 0.15) is 0 Å². The first-order chi connectivity index (χ1) is 6.72. The summed E-state index contributed by atoms with van der Waals surface area (Å²) >= 11 is 0. The summed E-state index contributed by atoms with van der Waals surface area (Å²) in [6, 6.07) is 9.90. The minimum Gasteiger partial charge on any atom is -0.392 e. The third kappa shape index (κ3) is 3.73. The summed E-state index contributed by atoms with van der Waals surface area (Å²) < 4.78 is 0. The Hall–Kier alpha value is -1.12. The molecule has 1 aromatic rings. The van der Waals surface area contributed by atoms with Gasteiger partial charge in [0.25, 0.3) is 0 Å². The van der Waals surface area contributed by atoms with E-state index in [1.54, 1.807) is 13.0 Å². The first-order valence-corrected chi connectivity index (χ1v) is 4.75. The molecule has 0 saturated carbocycles. The van der Waals surface area contributed by atoms with Crippen molar-refractivity contribution in [3.63, 3.8) is 0 Å². The molecule has 0 fully saturated rings. The summed E-state index contributed by atoms with van der Waals surface area (Å²) in [6.07, 6.45) is 1.88. The number of hydrogen-bond acceptors (Lipinski definition) is 2. The Morgan fingerprint density at radius 1 is 1.36 bits per heavy atom. The highest BCUT2D eigenvalue weighted by molar-refractivity contribution is 5.22. The van der Waals surface area contributed by atoms with Crippen molar-refractivity contribution in [3.05, 3.63) is 47.5 Å². The van der Waals surface area contributed by atoms with Crippen LogP contribution in [0.2, 0.25) is 0 Å². The van der Waals surface area contributed by atoms with Gasteiger partial charge in [0.05, 0.1) is 12.7 Å². The smallest absolute Gasteiger partial charge is 0.0696 e. The van der Waals surface area contributed by atoms with Gasteiger partial charge in [-0.2, -0.15) is 0 Å². The number of rotatable bonds is 4. The number of aliphatic hydroxyl groups is 2. The maximum atomic E-state index is 9.14. The van der Waals surface area contributed by atoms with Crippen LogP contribution < -0.4 is 0 Å². The van der Waals surface area contributed by atoms with Crippen molar-refractivity contribution in [2.75, 3.05) is 6.61 Å². The third-order valence-electron chi connectivity index (χ3n) is 1.95. The summed E-state index contributed by atoms with van der Waals surface area (Å²) in [5.74, 6) is 0. The molecule has 14 heavy (non-hydrogen) atoms. The number of hydrogen-bond donors (Lipinski definition) is 2. The maximum Gasteiger partial charge on any atom is 0.0696 e. The van der Waals surface area contributed by atoms with Gasteiger partial charge in [-0.25, -0.2) is 0 Å². The van der Waals surface area contributed by atoms with E-state index in [0.29, 0.717) is 6.42 Å². The van der Waals surface area contributed by atoms with Gasteiger partial charge in [-0.1, -0.05) is 36.4 Å². The Bertz CT molecular complexity index is 288. The zero-order chi connectivity index (χ0) is 10.4. The molecule has 0 radical (unpaired) electrons. The molecule has 0 aliphatic rings. The largest absolute Gasteiger partial charge is 0.392 e. The molecular formula is C12H16O2. The molecule has 0 heterocycles. The Morgan fingerprint density at radius 3 is 2.50 bits per heavy atom. The van der Waals surface area contributed by atoms with Crippen molar-refractivity contribution in [2.24, 2.45) is 0 Å². The van der Waals surface area contributed by atoms with E-state index < -0.39 is 6.10 Å². The molecule has 0 aliphatic carbocycles. The Labute approximate surface area is 84.5 Å². The molecule has 0 aliphatic heterocycles. The molecule has 2 N–H and O–H groups in total. The van der Waals surface area contributed by atoms with Gasteiger partial charge in [0.15, 0.2) is 0 Å². The fraction of sp³-hybridized carbons (Fsp3) is 0.333. The lowest BCUT2D eigenvalue weighted by atomic mass is 10.0. The van der Waals surface area contributed by atoms with Crippen LogP contribution in [-0.4, -0.2) is 22.9 Å². The molecule has 0 bridgehead atoms. The van der Waals surface area contributed by atoms with Gasteiger partial charge in [0.2, 0.25) is 0 Å². The Morgan fingerprint density at radius 2 is 2.00 bits per heavy atom. The second kappa shape index (κ2) is 5.58. The van der Waals surface area contributed by atoms with E-state index in [0.717, 1.165) is 11.1 Å². The third-order valence-corrected chi connectivity index (χ3v) is 1.95. The van der Waals surface area contributed by atoms with Crippen LogP contribution in [-0.2, 0) is 6.42 Å². The molecule has 0 spiro atoms. The average Bonchev–Trinajstić information content (AvgIpc) is 2.17. The molecule has 1 unspecified atom stereocenters. The lowest BCUT2D eigenvalue weighted by Crippen LogP contribution is -2.02. The summed E-state index contributed by atoms with van der Waals surface area (Å²) in [5, 5.41) is 18.2. The lowest BCUT2D eigenvalue weighted by Gasteiger charge is -2.05. The van der Waals surface area contributed by atoms with E-state index in [1.165, 1.54) is 0 Å². The fourth-order valence-electron chi connectivity index (χ4n) is 1.37. The van der Waals surface area contributed by atoms with Crippen LogP contribution in [0.1, 0.15) is 12.5 Å². The topological polar surface area (TPSA) is 40.5 Å². The van der Waals surface area contributed by atoms with E-state index in [1.807, 2.05) is 30.3 Å². The predicted molar refractivity (Wildman–Crippen MR) is 57.0 cm³/mol. The van der Waals surface area contributed by atoms with E-state index in [9.17, 15) is 0 Å². The number of benzene rings is 1. The zero-order valence-electron chi connectivity index (χ0n) is 8.35. The summed E-state index contributed by atoms with van der Waals surface area (Å²) in [6.45, 7) is 1.68. The Kier molecular flexibility index (Phi) is 4.36. The van der Waals surface area contributed by atoms with Gasteiger partial charge in [-0.05, 0) is 24.5 Å². The highest BCUT2D eigenvalue weighted by Gasteiger charge is 1.99. The maximum absolute atomic E-state index is 9.14. The monoisotopic (exact) mass is 192 g/mol. The van der Waals surface area contributed by atoms with Crippen molar-refractivity contribution in [1.82, 2.24) is 0 Å². The normalized spacial score (nSPS) is 14.1. The quantitative estimate of drug-likeness (QED) is 0.710. The summed E-state index contributed by atoms with van der Waals surface area (Å²) in [4.78, 5) is 0. The van der Waals surface area contributed by atoms with E-state index in [-0.39, 0.29) is 6.61 Å². The van der Waals surface area contributed by atoms with E-state index >= 15 is 0 Å². The molecule has 0 amide bonds. The van der Waals surface area contributed by atoms with Crippen molar-refractivity contribution < 1.29 is 10.2 Å². The van der Waals surface area contributed by atoms with Gasteiger partial charge in [-0.3, -0.25) is 0 Å². The molecule has 0 aromatic heterocycles. The van der Waals surface area contributed by atoms with Crippen LogP contribution in [0, 0.1) is 0 Å². The molecular weight excluding hydrogens is 176 g/mol. The second-order valence-corrected chi connectivity index (χ2v) is 3.39. The first kappa shape index (κ1) is 11.0. The van der Waals surface area contributed by atoms with Crippen molar-refractivity contribution in [1.29, 1.82) is 0 Å². The molecule has 0 saturated heterocycles. The molecule has 1 rings (SSSR count). The average molecular weight is 192 g/mol. The molecule has 1 aromatic carbocycles. The zero-order valence-corrected chi connectivity index (χ0v) is 8.35.